The van der Waals surface area contributed by atoms with E-state index in [2.05, 4.69) is 23.1 Å². The standard InChI is InChI=1S/C19H25N3OS.2ClH/c20-12-14-4-3-5-15(14)19(23)22-10-8-13(9-11-22)18-21-16-6-1-2-7-17(16)24-18;;/h1-2,6-7,13-15H,3-5,8-12,20H2;2*1H/t14-,15-;;/m1../s1. The highest BCUT2D eigenvalue weighted by Crippen LogP contribution is 2.36. The van der Waals surface area contributed by atoms with Crippen molar-refractivity contribution in [3.8, 4) is 0 Å². The van der Waals surface area contributed by atoms with Gasteiger partial charge < -0.3 is 10.6 Å². The van der Waals surface area contributed by atoms with Gasteiger partial charge in [0.2, 0.25) is 5.91 Å². The lowest BCUT2D eigenvalue weighted by molar-refractivity contribution is -0.137. The van der Waals surface area contributed by atoms with Crippen LogP contribution in [0.15, 0.2) is 24.3 Å². The lowest BCUT2D eigenvalue weighted by Crippen LogP contribution is -2.43. The molecule has 2 aliphatic rings. The maximum absolute atomic E-state index is 12.8. The number of carbonyl (C=O) groups is 1. The minimum atomic E-state index is 0. The number of hydrogen-bond donors (Lipinski definition) is 1. The predicted octanol–water partition coefficient (Wildman–Crippen LogP) is 4.22. The van der Waals surface area contributed by atoms with Crippen molar-refractivity contribution in [2.75, 3.05) is 19.6 Å². The van der Waals surface area contributed by atoms with Crippen LogP contribution in [0.2, 0.25) is 0 Å². The molecule has 4 rings (SSSR count). The molecule has 1 aromatic heterocycles. The quantitative estimate of drug-likeness (QED) is 0.815. The Labute approximate surface area is 171 Å². The number of rotatable bonds is 3. The second-order valence-corrected chi connectivity index (χ2v) is 8.21. The second kappa shape index (κ2) is 9.36. The van der Waals surface area contributed by atoms with Crippen molar-refractivity contribution < 1.29 is 4.79 Å². The molecule has 0 radical (unpaired) electrons. The highest BCUT2D eigenvalue weighted by atomic mass is 35.5. The minimum Gasteiger partial charge on any atom is -0.342 e. The summed E-state index contributed by atoms with van der Waals surface area (Å²) in [5.74, 6) is 1.43. The van der Waals surface area contributed by atoms with Gasteiger partial charge in [-0.25, -0.2) is 4.98 Å². The first-order valence-electron chi connectivity index (χ1n) is 9.10. The molecule has 1 aliphatic heterocycles. The molecule has 2 fully saturated rings. The Morgan fingerprint density at radius 3 is 2.58 bits per heavy atom. The molecule has 2 atom stereocenters. The van der Waals surface area contributed by atoms with Crippen LogP contribution in [0.25, 0.3) is 10.2 Å². The van der Waals surface area contributed by atoms with Gasteiger partial charge in [0.1, 0.15) is 0 Å². The monoisotopic (exact) mass is 415 g/mol. The van der Waals surface area contributed by atoms with E-state index in [-0.39, 0.29) is 30.7 Å². The zero-order valence-corrected chi connectivity index (χ0v) is 17.3. The van der Waals surface area contributed by atoms with Crippen LogP contribution >= 0.6 is 36.2 Å². The van der Waals surface area contributed by atoms with Crippen molar-refractivity contribution in [3.05, 3.63) is 29.3 Å². The number of nitrogens with two attached hydrogens (primary N) is 1. The average molecular weight is 416 g/mol. The molecule has 2 aromatic rings. The number of para-hydroxylation sites is 1. The summed E-state index contributed by atoms with van der Waals surface area (Å²) >= 11 is 1.81. The zero-order chi connectivity index (χ0) is 16.5. The summed E-state index contributed by atoms with van der Waals surface area (Å²) in [7, 11) is 0. The molecule has 1 saturated heterocycles. The summed E-state index contributed by atoms with van der Waals surface area (Å²) in [6.07, 6.45) is 5.37. The zero-order valence-electron chi connectivity index (χ0n) is 14.8. The van der Waals surface area contributed by atoms with E-state index in [9.17, 15) is 4.79 Å². The van der Waals surface area contributed by atoms with Gasteiger partial charge in [-0.05, 0) is 50.3 Å². The lowest BCUT2D eigenvalue weighted by Gasteiger charge is -2.34. The van der Waals surface area contributed by atoms with Crippen LogP contribution in [-0.2, 0) is 4.79 Å². The summed E-state index contributed by atoms with van der Waals surface area (Å²) in [5.41, 5.74) is 6.95. The number of amides is 1. The number of piperidine rings is 1. The lowest BCUT2D eigenvalue weighted by atomic mass is 9.92. The minimum absolute atomic E-state index is 0. The number of halogens is 2. The van der Waals surface area contributed by atoms with Crippen LogP contribution in [0.5, 0.6) is 0 Å². The summed E-state index contributed by atoms with van der Waals surface area (Å²) in [6, 6.07) is 8.34. The van der Waals surface area contributed by atoms with Gasteiger partial charge in [0.25, 0.3) is 0 Å². The van der Waals surface area contributed by atoms with Crippen molar-refractivity contribution in [2.45, 2.75) is 38.0 Å². The maximum atomic E-state index is 12.8. The van der Waals surface area contributed by atoms with Crippen molar-refractivity contribution in [1.82, 2.24) is 9.88 Å². The Hall–Kier alpha value is -0.880. The van der Waals surface area contributed by atoms with E-state index in [0.29, 0.717) is 24.3 Å². The molecule has 1 amide bonds. The van der Waals surface area contributed by atoms with Crippen LogP contribution in [0.4, 0.5) is 0 Å². The Balaban J connectivity index is 0.00000121. The molecule has 0 bridgehead atoms. The molecule has 2 N–H and O–H groups in total. The summed E-state index contributed by atoms with van der Waals surface area (Å²) < 4.78 is 1.27. The van der Waals surface area contributed by atoms with Crippen molar-refractivity contribution in [1.29, 1.82) is 0 Å². The van der Waals surface area contributed by atoms with Gasteiger partial charge in [-0.2, -0.15) is 0 Å². The molecule has 1 aliphatic carbocycles. The number of hydrogen-bond acceptors (Lipinski definition) is 4. The molecule has 0 unspecified atom stereocenters. The number of carbonyl (C=O) groups excluding carboxylic acids is 1. The van der Waals surface area contributed by atoms with Gasteiger partial charge in [-0.3, -0.25) is 4.79 Å². The summed E-state index contributed by atoms with van der Waals surface area (Å²) in [6.45, 7) is 2.39. The van der Waals surface area contributed by atoms with Crippen LogP contribution in [0.3, 0.4) is 0 Å². The molecular formula is C19H27Cl2N3OS. The number of aromatic nitrogens is 1. The van der Waals surface area contributed by atoms with E-state index < -0.39 is 0 Å². The highest BCUT2D eigenvalue weighted by Gasteiger charge is 2.36. The number of benzene rings is 1. The number of nitrogens with zero attached hydrogens (tertiary/aromatic N) is 2. The summed E-state index contributed by atoms with van der Waals surface area (Å²) in [4.78, 5) is 19.7. The van der Waals surface area contributed by atoms with E-state index >= 15 is 0 Å². The van der Waals surface area contributed by atoms with Crippen molar-refractivity contribution >= 4 is 52.3 Å². The predicted molar refractivity (Wildman–Crippen MR) is 113 cm³/mol. The topological polar surface area (TPSA) is 59.2 Å². The van der Waals surface area contributed by atoms with Crippen molar-refractivity contribution in [3.63, 3.8) is 0 Å². The number of fused-ring (bicyclic) bond motifs is 1. The highest BCUT2D eigenvalue weighted by molar-refractivity contribution is 7.18. The number of thiazole rings is 1. The largest absolute Gasteiger partial charge is 0.342 e. The van der Waals surface area contributed by atoms with Crippen LogP contribution in [-0.4, -0.2) is 35.4 Å². The molecule has 144 valence electrons. The van der Waals surface area contributed by atoms with Gasteiger partial charge in [-0.15, -0.1) is 36.2 Å². The first-order valence-corrected chi connectivity index (χ1v) is 9.92. The number of likely N-dealkylation sites (tertiary alicyclic amines) is 1. The van der Waals surface area contributed by atoms with E-state index in [1.807, 2.05) is 17.4 Å². The Kier molecular flexibility index (Phi) is 7.71. The van der Waals surface area contributed by atoms with Gasteiger partial charge in [-0.1, -0.05) is 18.6 Å². The SMILES string of the molecule is Cl.Cl.NC[C@H]1CCC[C@H]1C(=O)N1CCC(c2nc3ccccc3s2)CC1. The smallest absolute Gasteiger partial charge is 0.226 e. The molecule has 26 heavy (non-hydrogen) atoms. The molecule has 7 heteroatoms. The fourth-order valence-corrected chi connectivity index (χ4v) is 5.43. The molecule has 0 spiro atoms. The third kappa shape index (κ3) is 4.16. The van der Waals surface area contributed by atoms with E-state index in [4.69, 9.17) is 10.7 Å². The molecular weight excluding hydrogens is 389 g/mol. The second-order valence-electron chi connectivity index (χ2n) is 7.15. The van der Waals surface area contributed by atoms with Gasteiger partial charge in [0.15, 0.2) is 0 Å². The van der Waals surface area contributed by atoms with E-state index in [1.165, 1.54) is 9.71 Å². The first-order chi connectivity index (χ1) is 11.8. The fourth-order valence-electron chi connectivity index (χ4n) is 4.29. The summed E-state index contributed by atoms with van der Waals surface area (Å²) in [5, 5.41) is 1.24. The molecule has 1 saturated carbocycles. The van der Waals surface area contributed by atoms with Crippen molar-refractivity contribution in [2.24, 2.45) is 17.6 Å². The Bertz CT molecular complexity index is 697. The maximum Gasteiger partial charge on any atom is 0.226 e. The van der Waals surface area contributed by atoms with Gasteiger partial charge in [0, 0.05) is 24.9 Å². The third-order valence-electron chi connectivity index (χ3n) is 5.75. The molecule has 4 nitrogen and oxygen atoms in total. The van der Waals surface area contributed by atoms with E-state index in [0.717, 1.165) is 50.7 Å². The third-order valence-corrected chi connectivity index (χ3v) is 6.94. The first kappa shape index (κ1) is 21.4. The Morgan fingerprint density at radius 2 is 1.88 bits per heavy atom. The van der Waals surface area contributed by atoms with E-state index in [1.54, 1.807) is 0 Å². The van der Waals surface area contributed by atoms with Crippen LogP contribution in [0.1, 0.15) is 43.0 Å². The van der Waals surface area contributed by atoms with Crippen LogP contribution in [0, 0.1) is 11.8 Å². The normalized spacial score (nSPS) is 23.5. The van der Waals surface area contributed by atoms with Gasteiger partial charge in [0.05, 0.1) is 15.2 Å². The fraction of sp³-hybridized carbons (Fsp3) is 0.579. The Morgan fingerprint density at radius 1 is 1.15 bits per heavy atom. The van der Waals surface area contributed by atoms with Gasteiger partial charge >= 0.3 is 0 Å². The van der Waals surface area contributed by atoms with Crippen LogP contribution < -0.4 is 5.73 Å². The molecule has 1 aromatic carbocycles. The molecule has 2 heterocycles. The average Bonchev–Trinajstić information content (AvgIpc) is 3.27.